The summed E-state index contributed by atoms with van der Waals surface area (Å²) in [6, 6.07) is 16.0. The molecular weight excluding hydrogens is 407 g/mol. The van der Waals surface area contributed by atoms with Gasteiger partial charge in [-0.05, 0) is 42.6 Å². The number of benzene rings is 2. The van der Waals surface area contributed by atoms with E-state index in [2.05, 4.69) is 50.4 Å². The van der Waals surface area contributed by atoms with Gasteiger partial charge in [0.2, 0.25) is 0 Å². The van der Waals surface area contributed by atoms with Gasteiger partial charge in [-0.25, -0.2) is 14.2 Å². The maximum absolute atomic E-state index is 13.6. The lowest BCUT2D eigenvalue weighted by molar-refractivity contribution is 0.257. The molecule has 0 unspecified atom stereocenters. The largest absolute Gasteiger partial charge is 0.423 e. The predicted octanol–water partition coefficient (Wildman–Crippen LogP) is 4.10. The van der Waals surface area contributed by atoms with Crippen molar-refractivity contribution in [1.82, 2.24) is 9.88 Å². The number of nitrogens with zero attached hydrogens (tertiary/aromatic N) is 3. The zero-order valence-corrected chi connectivity index (χ0v) is 17.8. The minimum atomic E-state index is -0.440. The molecule has 0 atom stereocenters. The summed E-state index contributed by atoms with van der Waals surface area (Å²) >= 11 is 0. The van der Waals surface area contributed by atoms with Crippen LogP contribution in [0.15, 0.2) is 70.0 Å². The number of nitrogens with one attached hydrogen (secondary N) is 1. The molecule has 0 radical (unpaired) electrons. The van der Waals surface area contributed by atoms with E-state index in [1.54, 1.807) is 0 Å². The van der Waals surface area contributed by atoms with E-state index in [4.69, 9.17) is 4.42 Å². The second kappa shape index (κ2) is 8.96. The van der Waals surface area contributed by atoms with Crippen LogP contribution < -0.4 is 15.8 Å². The SMILES string of the molecule is O=c1cc(NCCCN2CCN(c3nccc4ccccc34)CC2)c2cc(F)ccc2o1. The van der Waals surface area contributed by atoms with Crippen molar-refractivity contribution in [2.75, 3.05) is 49.5 Å². The third-order valence-electron chi connectivity index (χ3n) is 6.00. The quantitative estimate of drug-likeness (QED) is 0.366. The minimum absolute atomic E-state index is 0.354. The van der Waals surface area contributed by atoms with Gasteiger partial charge < -0.3 is 14.6 Å². The fourth-order valence-corrected chi connectivity index (χ4v) is 4.35. The first-order valence-electron chi connectivity index (χ1n) is 11.0. The van der Waals surface area contributed by atoms with Crippen molar-refractivity contribution >= 4 is 33.2 Å². The molecule has 0 bridgehead atoms. The third-order valence-corrected chi connectivity index (χ3v) is 6.00. The molecule has 7 heteroatoms. The van der Waals surface area contributed by atoms with Gasteiger partial charge in [0.15, 0.2) is 0 Å². The maximum atomic E-state index is 13.6. The molecule has 1 saturated heterocycles. The first-order chi connectivity index (χ1) is 15.7. The van der Waals surface area contributed by atoms with Gasteiger partial charge in [-0.3, -0.25) is 4.90 Å². The molecule has 0 aliphatic carbocycles. The Kier molecular flexibility index (Phi) is 5.73. The molecule has 1 N–H and O–H groups in total. The van der Waals surface area contributed by atoms with E-state index < -0.39 is 5.63 Å². The summed E-state index contributed by atoms with van der Waals surface area (Å²) < 4.78 is 18.8. The lowest BCUT2D eigenvalue weighted by Gasteiger charge is -2.35. The highest BCUT2D eigenvalue weighted by atomic mass is 19.1. The van der Waals surface area contributed by atoms with E-state index in [1.165, 1.54) is 35.0 Å². The standard InChI is InChI=1S/C25H25FN4O2/c26-19-6-7-23-21(16-19)22(17-24(31)32-23)27-9-3-11-29-12-14-30(15-13-29)25-20-5-2-1-4-18(20)8-10-28-25/h1-2,4-8,10,16-17,27H,3,9,11-15H2. The van der Waals surface area contributed by atoms with Crippen molar-refractivity contribution in [3.63, 3.8) is 0 Å². The van der Waals surface area contributed by atoms with Crippen molar-refractivity contribution in [2.45, 2.75) is 6.42 Å². The summed E-state index contributed by atoms with van der Waals surface area (Å²) in [6.07, 6.45) is 2.80. The fraction of sp³-hybridized carbons (Fsp3) is 0.280. The van der Waals surface area contributed by atoms with Gasteiger partial charge in [0.25, 0.3) is 0 Å². The van der Waals surface area contributed by atoms with Crippen LogP contribution in [-0.4, -0.2) is 49.2 Å². The molecule has 0 saturated carbocycles. The number of piperazine rings is 1. The molecule has 1 aliphatic rings. The van der Waals surface area contributed by atoms with Crippen LogP contribution in [0.3, 0.4) is 0 Å². The highest BCUT2D eigenvalue weighted by molar-refractivity contribution is 5.92. The van der Waals surface area contributed by atoms with Crippen molar-refractivity contribution < 1.29 is 8.81 Å². The Hall–Kier alpha value is -3.45. The van der Waals surface area contributed by atoms with Gasteiger partial charge >= 0.3 is 5.63 Å². The lowest BCUT2D eigenvalue weighted by atomic mass is 10.1. The highest BCUT2D eigenvalue weighted by Gasteiger charge is 2.19. The molecule has 4 aromatic rings. The van der Waals surface area contributed by atoms with Crippen molar-refractivity contribution in [2.24, 2.45) is 0 Å². The molecule has 3 heterocycles. The first-order valence-corrected chi connectivity index (χ1v) is 11.0. The Morgan fingerprint density at radius 1 is 1.00 bits per heavy atom. The van der Waals surface area contributed by atoms with Crippen LogP contribution >= 0.6 is 0 Å². The number of rotatable bonds is 6. The van der Waals surface area contributed by atoms with E-state index in [0.29, 0.717) is 23.2 Å². The second-order valence-corrected chi connectivity index (χ2v) is 8.08. The molecule has 2 aromatic carbocycles. The van der Waals surface area contributed by atoms with E-state index in [9.17, 15) is 9.18 Å². The van der Waals surface area contributed by atoms with Crippen molar-refractivity contribution in [1.29, 1.82) is 0 Å². The highest BCUT2D eigenvalue weighted by Crippen LogP contribution is 2.25. The summed E-state index contributed by atoms with van der Waals surface area (Å²) in [5.41, 5.74) is 0.562. The molecule has 164 valence electrons. The Morgan fingerprint density at radius 2 is 1.84 bits per heavy atom. The number of anilines is 2. The number of aromatic nitrogens is 1. The molecule has 1 fully saturated rings. The zero-order chi connectivity index (χ0) is 21.9. The van der Waals surface area contributed by atoms with Gasteiger partial charge in [0, 0.05) is 55.8 Å². The Labute approximate surface area is 185 Å². The molecule has 0 spiro atoms. The van der Waals surface area contributed by atoms with E-state index in [1.807, 2.05) is 6.20 Å². The molecule has 1 aliphatic heterocycles. The van der Waals surface area contributed by atoms with Gasteiger partial charge in [-0.1, -0.05) is 24.3 Å². The number of fused-ring (bicyclic) bond motifs is 2. The molecule has 32 heavy (non-hydrogen) atoms. The average molecular weight is 432 g/mol. The van der Waals surface area contributed by atoms with Crippen LogP contribution in [0.4, 0.5) is 15.9 Å². The first kappa shape index (κ1) is 20.5. The molecule has 2 aromatic heterocycles. The Morgan fingerprint density at radius 3 is 2.72 bits per heavy atom. The van der Waals surface area contributed by atoms with Gasteiger partial charge in [0.1, 0.15) is 17.2 Å². The fourth-order valence-electron chi connectivity index (χ4n) is 4.35. The third kappa shape index (κ3) is 4.29. The van der Waals surface area contributed by atoms with Gasteiger partial charge in [-0.15, -0.1) is 0 Å². The Bertz CT molecular complexity index is 1290. The number of halogens is 1. The van der Waals surface area contributed by atoms with Gasteiger partial charge in [-0.2, -0.15) is 0 Å². The minimum Gasteiger partial charge on any atom is -0.423 e. The summed E-state index contributed by atoms with van der Waals surface area (Å²) in [5, 5.41) is 6.27. The summed E-state index contributed by atoms with van der Waals surface area (Å²) in [7, 11) is 0. The van der Waals surface area contributed by atoms with Crippen LogP contribution in [0.5, 0.6) is 0 Å². The molecule has 6 nitrogen and oxygen atoms in total. The smallest absolute Gasteiger partial charge is 0.338 e. The van der Waals surface area contributed by atoms with Crippen LogP contribution in [0, 0.1) is 5.82 Å². The molecular formula is C25H25FN4O2. The average Bonchev–Trinajstić information content (AvgIpc) is 2.82. The second-order valence-electron chi connectivity index (χ2n) is 8.08. The normalized spacial score (nSPS) is 14.8. The van der Waals surface area contributed by atoms with Crippen LogP contribution in [0.1, 0.15) is 6.42 Å². The van der Waals surface area contributed by atoms with E-state index >= 15 is 0 Å². The predicted molar refractivity (Wildman–Crippen MR) is 126 cm³/mol. The van der Waals surface area contributed by atoms with Gasteiger partial charge in [0.05, 0.1) is 5.69 Å². The molecule has 5 rings (SSSR count). The van der Waals surface area contributed by atoms with Crippen molar-refractivity contribution in [3.8, 4) is 0 Å². The Balaban J connectivity index is 1.15. The molecule has 0 amide bonds. The van der Waals surface area contributed by atoms with Crippen molar-refractivity contribution in [3.05, 3.63) is 77.0 Å². The van der Waals surface area contributed by atoms with Crippen LogP contribution in [0.2, 0.25) is 0 Å². The maximum Gasteiger partial charge on any atom is 0.338 e. The van der Waals surface area contributed by atoms with E-state index in [0.717, 1.165) is 45.0 Å². The summed E-state index contributed by atoms with van der Waals surface area (Å²) in [5.74, 6) is 0.708. The zero-order valence-electron chi connectivity index (χ0n) is 17.8. The van der Waals surface area contributed by atoms with Crippen LogP contribution in [0.25, 0.3) is 21.7 Å². The van der Waals surface area contributed by atoms with E-state index in [-0.39, 0.29) is 5.82 Å². The van der Waals surface area contributed by atoms with Crippen LogP contribution in [-0.2, 0) is 0 Å². The summed E-state index contributed by atoms with van der Waals surface area (Å²) in [4.78, 5) is 21.2. The summed E-state index contributed by atoms with van der Waals surface area (Å²) in [6.45, 7) is 5.50. The topological polar surface area (TPSA) is 61.6 Å². The lowest BCUT2D eigenvalue weighted by Crippen LogP contribution is -2.47. The number of pyridine rings is 1. The number of hydrogen-bond acceptors (Lipinski definition) is 6. The monoisotopic (exact) mass is 432 g/mol. The number of hydrogen-bond donors (Lipinski definition) is 1.